The predicted molar refractivity (Wildman–Crippen MR) is 243 cm³/mol. The Kier molecular flexibility index (Phi) is 32.5. The summed E-state index contributed by atoms with van der Waals surface area (Å²) in [6, 6.07) is 3.52. The molecule has 0 aliphatic carbocycles. The molecule has 0 spiro atoms. The van der Waals surface area contributed by atoms with Crippen molar-refractivity contribution in [2.75, 3.05) is 144 Å². The van der Waals surface area contributed by atoms with Gasteiger partial charge < -0.3 is 57.4 Å². The van der Waals surface area contributed by atoms with Crippen LogP contribution in [0.5, 0.6) is 0 Å². The van der Waals surface area contributed by atoms with Gasteiger partial charge in [0.2, 0.25) is 17.7 Å². The molecule has 1 aromatic rings. The Bertz CT molecular complexity index is 1570. The number of imide groups is 2. The molecule has 0 saturated carbocycles. The number of anilines is 1. The Balaban J connectivity index is 0.968. The van der Waals surface area contributed by atoms with E-state index in [0.29, 0.717) is 145 Å². The Hall–Kier alpha value is -3.96. The molecule has 1 unspecified atom stereocenters. The van der Waals surface area contributed by atoms with Crippen LogP contribution in [0.3, 0.4) is 0 Å². The standard InChI is InChI=1S/C47H75N3O17/c1-2-3-4-5-8-14-43(53)67-37-36-66-35-34-65-33-32-64-31-30-63-29-28-62-27-26-61-25-24-60-23-22-59-21-20-58-19-18-57-17-9-6-7-13-41(51)48-39-12-10-11-38-44(39)47(56)50(46(38)55)40-15-16-42(52)49-45(40)54/h10-12,40H,2-9,13-37H2,1H3,(H,48,51)(H,49,52,54). The van der Waals surface area contributed by atoms with E-state index < -0.39 is 29.7 Å². The molecule has 2 aliphatic heterocycles. The van der Waals surface area contributed by atoms with Crippen molar-refractivity contribution in [2.24, 2.45) is 0 Å². The zero-order valence-electron chi connectivity index (χ0n) is 39.5. The summed E-state index contributed by atoms with van der Waals surface area (Å²) in [6.07, 6.45) is 8.43. The van der Waals surface area contributed by atoms with Crippen molar-refractivity contribution in [1.82, 2.24) is 10.2 Å². The molecule has 1 fully saturated rings. The molecule has 20 heteroatoms. The average molecular weight is 954 g/mol. The number of fused-ring (bicyclic) bond motifs is 1. The van der Waals surface area contributed by atoms with Crippen molar-refractivity contribution in [3.05, 3.63) is 29.3 Å². The molecule has 2 heterocycles. The van der Waals surface area contributed by atoms with E-state index in [1.807, 2.05) is 0 Å². The molecule has 20 nitrogen and oxygen atoms in total. The molecule has 67 heavy (non-hydrogen) atoms. The molecule has 2 N–H and O–H groups in total. The first-order valence-corrected chi connectivity index (χ1v) is 23.9. The van der Waals surface area contributed by atoms with Crippen LogP contribution in [0.4, 0.5) is 5.69 Å². The van der Waals surface area contributed by atoms with E-state index in [4.69, 9.17) is 52.1 Å². The maximum absolute atomic E-state index is 13.2. The summed E-state index contributed by atoms with van der Waals surface area (Å²) in [5, 5.41) is 4.91. The van der Waals surface area contributed by atoms with Crippen molar-refractivity contribution >= 4 is 41.2 Å². The van der Waals surface area contributed by atoms with Gasteiger partial charge in [-0.25, -0.2) is 0 Å². The summed E-state index contributed by atoms with van der Waals surface area (Å²) in [6.45, 7) is 11.5. The minimum Gasteiger partial charge on any atom is -0.463 e. The third kappa shape index (κ3) is 25.8. The summed E-state index contributed by atoms with van der Waals surface area (Å²) in [5.74, 6) is -2.89. The highest BCUT2D eigenvalue weighted by Gasteiger charge is 2.45. The van der Waals surface area contributed by atoms with E-state index in [0.717, 1.165) is 30.6 Å². The summed E-state index contributed by atoms with van der Waals surface area (Å²) in [4.78, 5) is 75.3. The molecule has 1 aromatic carbocycles. The zero-order valence-corrected chi connectivity index (χ0v) is 39.5. The van der Waals surface area contributed by atoms with Crippen molar-refractivity contribution in [3.63, 3.8) is 0 Å². The summed E-state index contributed by atoms with van der Waals surface area (Å²) in [5.41, 5.74) is 0.373. The Morgan fingerprint density at radius 2 is 1.00 bits per heavy atom. The van der Waals surface area contributed by atoms with E-state index in [1.54, 1.807) is 12.1 Å². The van der Waals surface area contributed by atoms with E-state index >= 15 is 0 Å². The van der Waals surface area contributed by atoms with Crippen molar-refractivity contribution in [2.45, 2.75) is 90.0 Å². The van der Waals surface area contributed by atoms with Gasteiger partial charge >= 0.3 is 5.97 Å². The Labute approximate surface area is 394 Å². The molecule has 1 atom stereocenters. The Morgan fingerprint density at radius 3 is 1.49 bits per heavy atom. The molecule has 380 valence electrons. The topological polar surface area (TPSA) is 231 Å². The van der Waals surface area contributed by atoms with Crippen LogP contribution in [0, 0.1) is 0 Å². The number of nitrogens with zero attached hydrogens (tertiary/aromatic N) is 1. The van der Waals surface area contributed by atoms with Gasteiger partial charge in [-0.1, -0.05) is 45.1 Å². The second-order valence-electron chi connectivity index (χ2n) is 15.5. The minimum atomic E-state index is -1.08. The fourth-order valence-corrected chi connectivity index (χ4v) is 6.74. The highest BCUT2D eigenvalue weighted by atomic mass is 16.6. The van der Waals surface area contributed by atoms with Gasteiger partial charge in [-0.15, -0.1) is 0 Å². The number of carbonyl (C=O) groups excluding carboxylic acids is 6. The van der Waals surface area contributed by atoms with Crippen LogP contribution >= 0.6 is 0 Å². The molecule has 2 aliphatic rings. The number of carbonyl (C=O) groups is 6. The molecule has 0 radical (unpaired) electrons. The quantitative estimate of drug-likeness (QED) is 0.0540. The lowest BCUT2D eigenvalue weighted by Crippen LogP contribution is -2.54. The number of benzene rings is 1. The first kappa shape index (κ1) is 57.4. The van der Waals surface area contributed by atoms with Gasteiger partial charge in [0.05, 0.1) is 142 Å². The predicted octanol–water partition coefficient (Wildman–Crippen LogP) is 3.66. The highest BCUT2D eigenvalue weighted by molar-refractivity contribution is 6.26. The SMILES string of the molecule is CCCCCCCC(=O)OCCOCCOCCOCCOCCOCCOCCOCCOCCOCCOCCCCCC(=O)Nc1cccc2c1C(=O)N(C1CCC(=O)NC1=O)C2=O. The number of hydrogen-bond acceptors (Lipinski definition) is 17. The van der Waals surface area contributed by atoms with Gasteiger partial charge in [0, 0.05) is 25.9 Å². The number of esters is 1. The van der Waals surface area contributed by atoms with Crippen LogP contribution in [0.1, 0.15) is 105 Å². The molecular formula is C47H75N3O17. The smallest absolute Gasteiger partial charge is 0.305 e. The lowest BCUT2D eigenvalue weighted by molar-refractivity contribution is -0.145. The van der Waals surface area contributed by atoms with E-state index in [-0.39, 0.29) is 54.6 Å². The van der Waals surface area contributed by atoms with Gasteiger partial charge in [-0.05, 0) is 37.8 Å². The first-order valence-electron chi connectivity index (χ1n) is 23.9. The lowest BCUT2D eigenvalue weighted by atomic mass is 10.0. The third-order valence-electron chi connectivity index (χ3n) is 10.3. The molecule has 0 aromatic heterocycles. The molecule has 5 amide bonds. The zero-order chi connectivity index (χ0) is 48.0. The number of nitrogens with one attached hydrogen (secondary N) is 2. The van der Waals surface area contributed by atoms with E-state index in [1.165, 1.54) is 25.3 Å². The monoisotopic (exact) mass is 954 g/mol. The van der Waals surface area contributed by atoms with Gasteiger partial charge in [0.25, 0.3) is 11.8 Å². The summed E-state index contributed by atoms with van der Waals surface area (Å²) in [7, 11) is 0. The fourth-order valence-electron chi connectivity index (χ4n) is 6.74. The van der Waals surface area contributed by atoms with Crippen molar-refractivity contribution in [3.8, 4) is 0 Å². The molecule has 3 rings (SSSR count). The highest BCUT2D eigenvalue weighted by Crippen LogP contribution is 2.32. The average Bonchev–Trinajstić information content (AvgIpc) is 3.57. The number of hydrogen-bond donors (Lipinski definition) is 2. The summed E-state index contributed by atoms with van der Waals surface area (Å²) >= 11 is 0. The molecular weight excluding hydrogens is 879 g/mol. The van der Waals surface area contributed by atoms with E-state index in [2.05, 4.69) is 17.6 Å². The van der Waals surface area contributed by atoms with E-state index in [9.17, 15) is 28.8 Å². The molecule has 0 bridgehead atoms. The number of piperidine rings is 1. The van der Waals surface area contributed by atoms with Gasteiger partial charge in [0.1, 0.15) is 12.6 Å². The third-order valence-corrected chi connectivity index (χ3v) is 10.3. The number of amides is 5. The second-order valence-corrected chi connectivity index (χ2v) is 15.5. The van der Waals surface area contributed by atoms with Gasteiger partial charge in [-0.2, -0.15) is 0 Å². The molecule has 1 saturated heterocycles. The van der Waals surface area contributed by atoms with Gasteiger partial charge in [-0.3, -0.25) is 39.0 Å². The normalized spacial score (nSPS) is 14.8. The Morgan fingerprint density at radius 1 is 0.552 bits per heavy atom. The van der Waals surface area contributed by atoms with Gasteiger partial charge in [0.15, 0.2) is 0 Å². The number of unbranched alkanes of at least 4 members (excludes halogenated alkanes) is 6. The van der Waals surface area contributed by atoms with Crippen LogP contribution in [0.25, 0.3) is 0 Å². The maximum atomic E-state index is 13.2. The van der Waals surface area contributed by atoms with Crippen LogP contribution < -0.4 is 10.6 Å². The maximum Gasteiger partial charge on any atom is 0.305 e. The van der Waals surface area contributed by atoms with Crippen LogP contribution in [-0.4, -0.2) is 185 Å². The van der Waals surface area contributed by atoms with Crippen LogP contribution in [-0.2, 0) is 71.3 Å². The number of rotatable bonds is 44. The first-order chi connectivity index (χ1) is 32.8. The largest absolute Gasteiger partial charge is 0.463 e. The van der Waals surface area contributed by atoms with Crippen molar-refractivity contribution < 1.29 is 80.9 Å². The minimum absolute atomic E-state index is 0.0253. The fraction of sp³-hybridized carbons (Fsp3) is 0.745. The van der Waals surface area contributed by atoms with Crippen LogP contribution in [0.15, 0.2) is 18.2 Å². The van der Waals surface area contributed by atoms with Crippen molar-refractivity contribution in [1.29, 1.82) is 0 Å². The second kappa shape index (κ2) is 38.0. The summed E-state index contributed by atoms with van der Waals surface area (Å²) < 4.78 is 60.2. The van der Waals surface area contributed by atoms with Crippen LogP contribution in [0.2, 0.25) is 0 Å². The number of ether oxygens (including phenoxy) is 11. The lowest BCUT2D eigenvalue weighted by Gasteiger charge is -2.27.